The van der Waals surface area contributed by atoms with E-state index in [-0.39, 0.29) is 18.1 Å². The highest BCUT2D eigenvalue weighted by Gasteiger charge is 2.36. The molecule has 1 aliphatic rings. The third kappa shape index (κ3) is 3.63. The van der Waals surface area contributed by atoms with Gasteiger partial charge in [-0.05, 0) is 25.1 Å². The van der Waals surface area contributed by atoms with Crippen LogP contribution in [0.5, 0.6) is 0 Å². The van der Waals surface area contributed by atoms with Crippen LogP contribution in [0, 0.1) is 5.82 Å². The number of hydrogen-bond acceptors (Lipinski definition) is 7. The van der Waals surface area contributed by atoms with Crippen molar-refractivity contribution in [1.29, 1.82) is 0 Å². The maximum atomic E-state index is 14.7. The molecule has 3 rings (SSSR count). The summed E-state index contributed by atoms with van der Waals surface area (Å²) in [5.74, 6) is -0.845. The largest absolute Gasteiger partial charge is 0.423 e. The van der Waals surface area contributed by atoms with E-state index in [1.807, 2.05) is 0 Å². The van der Waals surface area contributed by atoms with Gasteiger partial charge in [0.15, 0.2) is 12.0 Å². The molecule has 0 aliphatic carbocycles. The lowest BCUT2D eigenvalue weighted by Crippen LogP contribution is -2.38. The van der Waals surface area contributed by atoms with Crippen molar-refractivity contribution in [2.45, 2.75) is 20.1 Å². The summed E-state index contributed by atoms with van der Waals surface area (Å²) in [4.78, 5) is 30.8. The molecule has 2 heterocycles. The molecule has 2 aromatic rings. The van der Waals surface area contributed by atoms with Crippen molar-refractivity contribution in [1.82, 2.24) is 19.9 Å². The number of aromatic nitrogens is 3. The monoisotopic (exact) mass is 390 g/mol. The minimum Gasteiger partial charge on any atom is -0.423 e. The zero-order valence-electron chi connectivity index (χ0n) is 15.8. The minimum absolute atomic E-state index is 0.105. The van der Waals surface area contributed by atoms with Crippen molar-refractivity contribution in [3.63, 3.8) is 0 Å². The van der Waals surface area contributed by atoms with Crippen LogP contribution in [0.15, 0.2) is 29.6 Å². The number of benzene rings is 1. The lowest BCUT2D eigenvalue weighted by molar-refractivity contribution is -0.134. The molecule has 1 fully saturated rings. The number of likely N-dealkylation sites (N-methyl/N-ethyl adjacent to an activating group) is 1. The summed E-state index contributed by atoms with van der Waals surface area (Å²) in [5.41, 5.74) is 1.38. The van der Waals surface area contributed by atoms with Gasteiger partial charge in [0.2, 0.25) is 5.91 Å². The Hall–Kier alpha value is -3.50. The van der Waals surface area contributed by atoms with Gasteiger partial charge in [-0.2, -0.15) is 0 Å². The third-order valence-electron chi connectivity index (χ3n) is 4.31. The number of amides is 2. The first-order chi connectivity index (χ1) is 13.3. The summed E-state index contributed by atoms with van der Waals surface area (Å²) in [6, 6.07) is 4.23. The van der Waals surface area contributed by atoms with E-state index in [2.05, 4.69) is 20.3 Å². The number of nitrogens with zero attached hydrogens (tertiary/aromatic N) is 6. The number of carbonyl (C=O) groups excluding carboxylic acids is 2. The zero-order valence-corrected chi connectivity index (χ0v) is 15.8. The number of carbonyl (C=O) groups is 2. The topological polar surface area (TPSA) is 102 Å². The average Bonchev–Trinajstić information content (AvgIpc) is 3.28. The highest BCUT2D eigenvalue weighted by Crippen LogP contribution is 2.26. The first-order valence-electron chi connectivity index (χ1n) is 8.33. The molecule has 1 aromatic carbocycles. The molecule has 148 valence electrons. The van der Waals surface area contributed by atoms with Crippen molar-refractivity contribution >= 4 is 23.4 Å². The number of cyclic esters (lactones) is 1. The molecule has 11 heteroatoms. The van der Waals surface area contributed by atoms with Gasteiger partial charge in [0.25, 0.3) is 0 Å². The Morgan fingerprint density at radius 3 is 2.82 bits per heavy atom. The molecule has 1 saturated heterocycles. The lowest BCUT2D eigenvalue weighted by atomic mass is 10.2. The van der Waals surface area contributed by atoms with Crippen LogP contribution in [0.3, 0.4) is 0 Å². The number of anilines is 1. The van der Waals surface area contributed by atoms with Crippen molar-refractivity contribution < 1.29 is 23.6 Å². The Morgan fingerprint density at radius 1 is 1.43 bits per heavy atom. The van der Waals surface area contributed by atoms with Crippen LogP contribution in [-0.4, -0.2) is 64.5 Å². The first-order valence-corrected chi connectivity index (χ1v) is 8.33. The second kappa shape index (κ2) is 7.62. The Morgan fingerprint density at radius 2 is 2.18 bits per heavy atom. The van der Waals surface area contributed by atoms with Gasteiger partial charge < -0.3 is 14.5 Å². The lowest BCUT2D eigenvalue weighted by Gasteiger charge is -2.20. The fraction of sp³-hybridized carbons (Fsp3) is 0.353. The molecule has 10 nitrogen and oxygen atoms in total. The maximum Gasteiger partial charge on any atom is 0.416 e. The SMILES string of the molecule is CON=C(C)c1cn(-c2ccc(N3CC(N(C)C(C)=O)OC3=O)cc2F)nn1. The van der Waals surface area contributed by atoms with Crippen molar-refractivity contribution in [2.24, 2.45) is 5.16 Å². The second-order valence-electron chi connectivity index (χ2n) is 6.12. The molecule has 1 aromatic heterocycles. The average molecular weight is 390 g/mol. The summed E-state index contributed by atoms with van der Waals surface area (Å²) < 4.78 is 21.1. The molecule has 1 atom stereocenters. The molecule has 0 radical (unpaired) electrons. The summed E-state index contributed by atoms with van der Waals surface area (Å²) in [7, 11) is 2.94. The Kier molecular flexibility index (Phi) is 5.25. The van der Waals surface area contributed by atoms with Crippen molar-refractivity contribution in [3.8, 4) is 5.69 Å². The molecule has 1 unspecified atom stereocenters. The van der Waals surface area contributed by atoms with Gasteiger partial charge in [0.1, 0.15) is 24.2 Å². The van der Waals surface area contributed by atoms with E-state index >= 15 is 0 Å². The van der Waals surface area contributed by atoms with E-state index in [0.29, 0.717) is 17.1 Å². The molecule has 2 amide bonds. The third-order valence-corrected chi connectivity index (χ3v) is 4.31. The molecule has 0 saturated carbocycles. The molecule has 28 heavy (non-hydrogen) atoms. The molecular weight excluding hydrogens is 371 g/mol. The predicted octanol–water partition coefficient (Wildman–Crippen LogP) is 1.54. The van der Waals surface area contributed by atoms with E-state index in [0.717, 1.165) is 0 Å². The number of halogens is 1. The number of rotatable bonds is 5. The number of oxime groups is 1. The van der Waals surface area contributed by atoms with Crippen LogP contribution in [-0.2, 0) is 14.4 Å². The van der Waals surface area contributed by atoms with E-state index in [1.54, 1.807) is 13.0 Å². The van der Waals surface area contributed by atoms with Crippen LogP contribution < -0.4 is 4.90 Å². The van der Waals surface area contributed by atoms with E-state index < -0.39 is 18.1 Å². The quantitative estimate of drug-likeness (QED) is 0.567. The van der Waals surface area contributed by atoms with Gasteiger partial charge in [-0.25, -0.2) is 13.9 Å². The van der Waals surface area contributed by atoms with Crippen molar-refractivity contribution in [2.75, 3.05) is 25.6 Å². The highest BCUT2D eigenvalue weighted by molar-refractivity contribution is 5.96. The van der Waals surface area contributed by atoms with Gasteiger partial charge in [-0.1, -0.05) is 10.4 Å². The molecular formula is C17H19FN6O4. The van der Waals surface area contributed by atoms with Crippen LogP contribution in [0.4, 0.5) is 14.9 Å². The summed E-state index contributed by atoms with van der Waals surface area (Å²) >= 11 is 0. The van der Waals surface area contributed by atoms with Crippen LogP contribution in [0.2, 0.25) is 0 Å². The maximum absolute atomic E-state index is 14.7. The standard InChI is InChI=1S/C17H19FN6O4/c1-10(20-27-4)14-8-24(21-19-14)15-6-5-12(7-13(15)18)23-9-16(28-17(23)26)22(3)11(2)25/h5-8,16H,9H2,1-4H3. The van der Waals surface area contributed by atoms with Crippen molar-refractivity contribution in [3.05, 3.63) is 35.9 Å². The Bertz CT molecular complexity index is 943. The van der Waals surface area contributed by atoms with Gasteiger partial charge in [-0.3, -0.25) is 9.69 Å². The fourth-order valence-electron chi connectivity index (χ4n) is 2.64. The van der Waals surface area contributed by atoms with Gasteiger partial charge in [-0.15, -0.1) is 5.10 Å². The normalized spacial score (nSPS) is 16.9. The van der Waals surface area contributed by atoms with E-state index in [4.69, 9.17) is 4.74 Å². The Balaban J connectivity index is 1.82. The summed E-state index contributed by atoms with van der Waals surface area (Å²) in [6.07, 6.45) is 0.131. The second-order valence-corrected chi connectivity index (χ2v) is 6.12. The van der Waals surface area contributed by atoms with E-state index in [1.165, 1.54) is 53.9 Å². The number of hydrogen-bond donors (Lipinski definition) is 0. The fourth-order valence-corrected chi connectivity index (χ4v) is 2.64. The highest BCUT2D eigenvalue weighted by atomic mass is 19.1. The zero-order chi connectivity index (χ0) is 20.4. The molecule has 1 aliphatic heterocycles. The summed E-state index contributed by atoms with van der Waals surface area (Å²) in [6.45, 7) is 3.16. The van der Waals surface area contributed by atoms with E-state index in [9.17, 15) is 14.0 Å². The molecule has 0 N–H and O–H groups in total. The van der Waals surface area contributed by atoms with Crippen LogP contribution in [0.25, 0.3) is 5.69 Å². The first kappa shape index (κ1) is 19.3. The number of ether oxygens (including phenoxy) is 1. The van der Waals surface area contributed by atoms with Crippen LogP contribution in [0.1, 0.15) is 19.5 Å². The Labute approximate surface area is 160 Å². The smallest absolute Gasteiger partial charge is 0.416 e. The van der Waals surface area contributed by atoms with Gasteiger partial charge in [0.05, 0.1) is 18.4 Å². The van der Waals surface area contributed by atoms with Gasteiger partial charge >= 0.3 is 6.09 Å². The van der Waals surface area contributed by atoms with Gasteiger partial charge in [0, 0.05) is 14.0 Å². The molecule has 0 spiro atoms. The predicted molar refractivity (Wildman–Crippen MR) is 96.6 cm³/mol. The molecule has 0 bridgehead atoms. The summed E-state index contributed by atoms with van der Waals surface area (Å²) in [5, 5.41) is 11.6. The van der Waals surface area contributed by atoms with Crippen LogP contribution >= 0.6 is 0 Å². The minimum atomic E-state index is -0.728.